The third-order valence-electron chi connectivity index (χ3n) is 5.75. The topological polar surface area (TPSA) is 121 Å². The molecule has 0 unspecified atom stereocenters. The standard InChI is InChI=1S/C23H29N5O6/c1-4-6-11-34-18(30)14-28-21(31)19-20(25(3)23(28)32)24-22-26(12-16(29)13-27(19)22)15-7-9-17(10-8-15)33-5-2/h7-10,16,29H,4-6,11-14H2,1-3H3/t16-/m0/s1. The maximum Gasteiger partial charge on any atom is 0.333 e. The monoisotopic (exact) mass is 471 g/mol. The zero-order valence-corrected chi connectivity index (χ0v) is 19.6. The first-order chi connectivity index (χ1) is 16.3. The Morgan fingerprint density at radius 2 is 1.91 bits per heavy atom. The second kappa shape index (κ2) is 9.72. The van der Waals surface area contributed by atoms with Gasteiger partial charge >= 0.3 is 11.7 Å². The molecule has 1 aromatic carbocycles. The van der Waals surface area contributed by atoms with Gasteiger partial charge in [-0.05, 0) is 37.6 Å². The lowest BCUT2D eigenvalue weighted by molar-refractivity contribution is -0.144. The van der Waals surface area contributed by atoms with Gasteiger partial charge in [-0.1, -0.05) is 13.3 Å². The van der Waals surface area contributed by atoms with Gasteiger partial charge in [-0.2, -0.15) is 4.98 Å². The molecule has 0 radical (unpaired) electrons. The van der Waals surface area contributed by atoms with Crippen LogP contribution in [0, 0.1) is 0 Å². The first-order valence-electron chi connectivity index (χ1n) is 11.4. The van der Waals surface area contributed by atoms with E-state index >= 15 is 0 Å². The minimum absolute atomic E-state index is 0.133. The van der Waals surface area contributed by atoms with Crippen LogP contribution in [0.2, 0.25) is 0 Å². The number of anilines is 2. The lowest BCUT2D eigenvalue weighted by Crippen LogP contribution is -2.43. The number of aliphatic hydroxyl groups is 1. The molecule has 0 saturated carbocycles. The molecule has 0 saturated heterocycles. The highest BCUT2D eigenvalue weighted by Gasteiger charge is 2.31. The number of imidazole rings is 1. The minimum atomic E-state index is -0.777. The number of carbonyl (C=O) groups is 1. The molecule has 34 heavy (non-hydrogen) atoms. The summed E-state index contributed by atoms with van der Waals surface area (Å²) in [6.07, 6.45) is 0.781. The van der Waals surface area contributed by atoms with E-state index < -0.39 is 29.9 Å². The summed E-state index contributed by atoms with van der Waals surface area (Å²) >= 11 is 0. The summed E-state index contributed by atoms with van der Waals surface area (Å²) in [4.78, 5) is 44.8. The molecular weight excluding hydrogens is 442 g/mol. The Kier molecular flexibility index (Phi) is 6.73. The molecule has 0 amide bonds. The van der Waals surface area contributed by atoms with Crippen LogP contribution in [0.15, 0.2) is 33.9 Å². The highest BCUT2D eigenvalue weighted by atomic mass is 16.5. The molecule has 4 rings (SSSR count). The van der Waals surface area contributed by atoms with Gasteiger partial charge < -0.3 is 24.0 Å². The van der Waals surface area contributed by atoms with E-state index in [9.17, 15) is 19.5 Å². The molecule has 0 bridgehead atoms. The van der Waals surface area contributed by atoms with Crippen LogP contribution >= 0.6 is 0 Å². The van der Waals surface area contributed by atoms with Crippen LogP contribution in [0.5, 0.6) is 5.75 Å². The van der Waals surface area contributed by atoms with Crippen LogP contribution in [0.25, 0.3) is 11.2 Å². The molecule has 11 heteroatoms. The van der Waals surface area contributed by atoms with Crippen molar-refractivity contribution in [3.05, 3.63) is 45.1 Å². The maximum atomic E-state index is 13.3. The molecule has 2 aromatic heterocycles. The summed E-state index contributed by atoms with van der Waals surface area (Å²) in [7, 11) is 1.50. The van der Waals surface area contributed by atoms with Gasteiger partial charge in [0.15, 0.2) is 11.2 Å². The predicted octanol–water partition coefficient (Wildman–Crippen LogP) is 1.15. The van der Waals surface area contributed by atoms with Crippen molar-refractivity contribution < 1.29 is 19.4 Å². The second-order valence-electron chi connectivity index (χ2n) is 8.19. The van der Waals surface area contributed by atoms with E-state index in [2.05, 4.69) is 4.98 Å². The number of hydrogen-bond acceptors (Lipinski definition) is 8. The Morgan fingerprint density at radius 1 is 1.18 bits per heavy atom. The molecular formula is C23H29N5O6. The highest BCUT2D eigenvalue weighted by Crippen LogP contribution is 2.32. The summed E-state index contributed by atoms with van der Waals surface area (Å²) in [5.74, 6) is 0.495. The van der Waals surface area contributed by atoms with Crippen molar-refractivity contribution in [2.24, 2.45) is 7.05 Å². The fourth-order valence-corrected chi connectivity index (χ4v) is 4.05. The van der Waals surface area contributed by atoms with Gasteiger partial charge in [0.25, 0.3) is 5.56 Å². The van der Waals surface area contributed by atoms with Crippen molar-refractivity contribution in [1.82, 2.24) is 18.7 Å². The van der Waals surface area contributed by atoms with Gasteiger partial charge in [0.05, 0.1) is 32.4 Å². The number of aromatic nitrogens is 4. The molecule has 1 aliphatic heterocycles. The summed E-state index contributed by atoms with van der Waals surface area (Å²) in [5.41, 5.74) is -0.221. The molecule has 0 spiro atoms. The fraction of sp³-hybridized carbons (Fsp3) is 0.478. The zero-order chi connectivity index (χ0) is 24.4. The smallest absolute Gasteiger partial charge is 0.333 e. The van der Waals surface area contributed by atoms with Crippen LogP contribution < -0.4 is 20.9 Å². The Labute approximate surface area is 195 Å². The van der Waals surface area contributed by atoms with Gasteiger partial charge in [0, 0.05) is 12.7 Å². The van der Waals surface area contributed by atoms with Crippen molar-refractivity contribution in [2.75, 3.05) is 24.7 Å². The van der Waals surface area contributed by atoms with E-state index in [-0.39, 0.29) is 30.9 Å². The van der Waals surface area contributed by atoms with Crippen molar-refractivity contribution in [3.8, 4) is 5.75 Å². The van der Waals surface area contributed by atoms with Crippen molar-refractivity contribution in [2.45, 2.75) is 45.9 Å². The number of ether oxygens (including phenoxy) is 2. The van der Waals surface area contributed by atoms with Crippen LogP contribution in [0.3, 0.4) is 0 Å². The number of rotatable bonds is 8. The Balaban J connectivity index is 1.78. The van der Waals surface area contributed by atoms with Gasteiger partial charge in [0.2, 0.25) is 5.95 Å². The van der Waals surface area contributed by atoms with Crippen LogP contribution in [-0.4, -0.2) is 55.6 Å². The van der Waals surface area contributed by atoms with E-state index in [4.69, 9.17) is 9.47 Å². The quantitative estimate of drug-likeness (QED) is 0.384. The molecule has 0 aliphatic carbocycles. The number of carbonyl (C=O) groups excluding carboxylic acids is 1. The molecule has 1 aliphatic rings. The lowest BCUT2D eigenvalue weighted by atomic mass is 10.2. The summed E-state index contributed by atoms with van der Waals surface area (Å²) in [5, 5.41) is 10.6. The largest absolute Gasteiger partial charge is 0.494 e. The average molecular weight is 472 g/mol. The van der Waals surface area contributed by atoms with E-state index in [1.54, 1.807) is 9.47 Å². The molecule has 1 N–H and O–H groups in total. The molecule has 11 nitrogen and oxygen atoms in total. The Morgan fingerprint density at radius 3 is 2.59 bits per heavy atom. The highest BCUT2D eigenvalue weighted by molar-refractivity contribution is 5.78. The third-order valence-corrected chi connectivity index (χ3v) is 5.75. The van der Waals surface area contributed by atoms with E-state index in [1.165, 1.54) is 11.6 Å². The summed E-state index contributed by atoms with van der Waals surface area (Å²) < 4.78 is 14.3. The fourth-order valence-electron chi connectivity index (χ4n) is 4.05. The normalized spacial score (nSPS) is 15.4. The zero-order valence-electron chi connectivity index (χ0n) is 19.6. The van der Waals surface area contributed by atoms with Crippen LogP contribution in [0.1, 0.15) is 26.7 Å². The number of nitrogens with zero attached hydrogens (tertiary/aromatic N) is 5. The number of hydrogen-bond donors (Lipinski definition) is 1. The van der Waals surface area contributed by atoms with Crippen LogP contribution in [-0.2, 0) is 29.7 Å². The van der Waals surface area contributed by atoms with Gasteiger partial charge in [-0.25, -0.2) is 9.36 Å². The number of aliphatic hydroxyl groups excluding tert-OH is 1. The molecule has 1 atom stereocenters. The van der Waals surface area contributed by atoms with E-state index in [0.717, 1.165) is 16.7 Å². The maximum absolute atomic E-state index is 13.3. The summed E-state index contributed by atoms with van der Waals surface area (Å²) in [6, 6.07) is 7.33. The van der Waals surface area contributed by atoms with Crippen LogP contribution in [0.4, 0.5) is 11.6 Å². The number of fused-ring (bicyclic) bond motifs is 3. The Bertz CT molecular complexity index is 1310. The van der Waals surface area contributed by atoms with E-state index in [0.29, 0.717) is 24.7 Å². The second-order valence-corrected chi connectivity index (χ2v) is 8.19. The average Bonchev–Trinajstić information content (AvgIpc) is 3.20. The lowest BCUT2D eigenvalue weighted by Gasteiger charge is -2.32. The van der Waals surface area contributed by atoms with Gasteiger partial charge in [-0.15, -0.1) is 0 Å². The van der Waals surface area contributed by atoms with Crippen molar-refractivity contribution >= 4 is 28.8 Å². The first-order valence-corrected chi connectivity index (χ1v) is 11.4. The SMILES string of the molecule is CCCCOC(=O)Cn1c(=O)c2c(nc3n2C[C@@H](O)CN3c2ccc(OCC)cc2)n(C)c1=O. The number of benzene rings is 1. The molecule has 0 fully saturated rings. The van der Waals surface area contributed by atoms with Gasteiger partial charge in [0.1, 0.15) is 12.3 Å². The number of unbranched alkanes of at least 4 members (excludes halogenated alkanes) is 1. The predicted molar refractivity (Wildman–Crippen MR) is 126 cm³/mol. The van der Waals surface area contributed by atoms with Crippen molar-refractivity contribution in [3.63, 3.8) is 0 Å². The number of β-amino-alcohol motifs (C(OH)–C–C–N with tert-alkyl or cyclic N) is 1. The Hall–Kier alpha value is -3.60. The number of aryl methyl sites for hydroxylation is 1. The molecule has 3 heterocycles. The van der Waals surface area contributed by atoms with Crippen molar-refractivity contribution in [1.29, 1.82) is 0 Å². The summed E-state index contributed by atoms with van der Waals surface area (Å²) in [6.45, 7) is 4.56. The van der Waals surface area contributed by atoms with Gasteiger partial charge in [-0.3, -0.25) is 14.2 Å². The minimum Gasteiger partial charge on any atom is -0.494 e. The molecule has 182 valence electrons. The molecule has 3 aromatic rings. The third kappa shape index (κ3) is 4.30. The van der Waals surface area contributed by atoms with E-state index in [1.807, 2.05) is 38.1 Å². The first kappa shape index (κ1) is 23.6. The number of esters is 1.